The predicted octanol–water partition coefficient (Wildman–Crippen LogP) is 3.81. The Balaban J connectivity index is 1.33. The number of carbonyl (C=O) groups is 1. The third kappa shape index (κ3) is 4.97. The van der Waals surface area contributed by atoms with E-state index in [1.54, 1.807) is 17.0 Å². The summed E-state index contributed by atoms with van der Waals surface area (Å²) in [6, 6.07) is 6.61. The zero-order valence-electron chi connectivity index (χ0n) is 17.8. The molecule has 2 aromatic rings. The fraction of sp³-hybridized carbons (Fsp3) is 0.500. The van der Waals surface area contributed by atoms with Crippen molar-refractivity contribution in [3.05, 3.63) is 46.8 Å². The van der Waals surface area contributed by atoms with Gasteiger partial charge in [-0.3, -0.25) is 4.79 Å². The van der Waals surface area contributed by atoms with Crippen molar-refractivity contribution in [2.45, 2.75) is 42.9 Å². The van der Waals surface area contributed by atoms with Crippen molar-refractivity contribution in [3.8, 4) is 5.75 Å². The minimum Gasteiger partial charge on any atom is -0.487 e. The van der Waals surface area contributed by atoms with Gasteiger partial charge in [-0.1, -0.05) is 0 Å². The highest BCUT2D eigenvalue weighted by atomic mass is 32.2. The molecule has 0 aliphatic carbocycles. The molecule has 2 aliphatic heterocycles. The van der Waals surface area contributed by atoms with Gasteiger partial charge < -0.3 is 9.64 Å². The lowest BCUT2D eigenvalue weighted by molar-refractivity contribution is -0.138. The van der Waals surface area contributed by atoms with E-state index in [0.29, 0.717) is 49.5 Å². The van der Waals surface area contributed by atoms with Crippen LogP contribution in [0.4, 0.5) is 8.78 Å². The van der Waals surface area contributed by atoms with Gasteiger partial charge in [-0.15, -0.1) is 11.3 Å². The maximum absolute atomic E-state index is 13.8. The highest BCUT2D eigenvalue weighted by Crippen LogP contribution is 2.30. The SMILES string of the molecule is Cc1ccc(S(=O)(=O)N2CCCC(C(=O)N3CCC(Oc4ccc(F)cc4F)CC3)C2)s1. The van der Waals surface area contributed by atoms with Gasteiger partial charge in [-0.05, 0) is 44.0 Å². The van der Waals surface area contributed by atoms with Crippen molar-refractivity contribution in [1.29, 1.82) is 0 Å². The fourth-order valence-electron chi connectivity index (χ4n) is 4.24. The zero-order chi connectivity index (χ0) is 22.9. The Morgan fingerprint density at radius 3 is 2.50 bits per heavy atom. The molecule has 0 radical (unpaired) electrons. The van der Waals surface area contributed by atoms with Crippen LogP contribution in [-0.2, 0) is 14.8 Å². The van der Waals surface area contributed by atoms with Gasteiger partial charge in [0.25, 0.3) is 10.0 Å². The minimum atomic E-state index is -3.59. The number of ether oxygens (including phenoxy) is 1. The number of piperidine rings is 2. The van der Waals surface area contributed by atoms with Crippen LogP contribution in [0.2, 0.25) is 0 Å². The van der Waals surface area contributed by atoms with Gasteiger partial charge in [0.2, 0.25) is 5.91 Å². The second kappa shape index (κ2) is 9.44. The molecule has 0 N–H and O–H groups in total. The summed E-state index contributed by atoms with van der Waals surface area (Å²) in [5.41, 5.74) is 0. The number of nitrogens with zero attached hydrogens (tertiary/aromatic N) is 2. The lowest BCUT2D eigenvalue weighted by Crippen LogP contribution is -2.49. The van der Waals surface area contributed by atoms with Crippen molar-refractivity contribution < 1.29 is 26.7 Å². The molecular formula is C22H26F2N2O4S2. The Morgan fingerprint density at radius 2 is 1.84 bits per heavy atom. The molecule has 3 heterocycles. The summed E-state index contributed by atoms with van der Waals surface area (Å²) in [6.45, 7) is 3.39. The van der Waals surface area contributed by atoms with Crippen molar-refractivity contribution in [1.82, 2.24) is 9.21 Å². The van der Waals surface area contributed by atoms with E-state index in [1.165, 1.54) is 21.7 Å². The van der Waals surface area contributed by atoms with Crippen molar-refractivity contribution in [3.63, 3.8) is 0 Å². The number of thiophene rings is 1. The first-order chi connectivity index (χ1) is 15.2. The highest BCUT2D eigenvalue weighted by Gasteiger charge is 2.36. The second-order valence-corrected chi connectivity index (χ2v) is 11.7. The normalized spacial score (nSPS) is 21.0. The molecule has 1 aromatic heterocycles. The molecule has 1 aromatic carbocycles. The molecule has 1 amide bonds. The van der Waals surface area contributed by atoms with E-state index < -0.39 is 21.7 Å². The quantitative estimate of drug-likeness (QED) is 0.648. The van der Waals surface area contributed by atoms with Gasteiger partial charge in [0, 0.05) is 50.0 Å². The number of sulfonamides is 1. The first kappa shape index (κ1) is 23.1. The monoisotopic (exact) mass is 484 g/mol. The summed E-state index contributed by atoms with van der Waals surface area (Å²) in [5, 5.41) is 0. The number of hydrogen-bond acceptors (Lipinski definition) is 5. The van der Waals surface area contributed by atoms with E-state index in [-0.39, 0.29) is 30.2 Å². The molecule has 0 spiro atoms. The molecule has 32 heavy (non-hydrogen) atoms. The van der Waals surface area contributed by atoms with E-state index in [4.69, 9.17) is 4.74 Å². The summed E-state index contributed by atoms with van der Waals surface area (Å²) in [6.07, 6.45) is 2.11. The van der Waals surface area contributed by atoms with Crippen LogP contribution >= 0.6 is 11.3 Å². The Morgan fingerprint density at radius 1 is 1.09 bits per heavy atom. The van der Waals surface area contributed by atoms with Crippen molar-refractivity contribution in [2.75, 3.05) is 26.2 Å². The smallest absolute Gasteiger partial charge is 0.252 e. The lowest BCUT2D eigenvalue weighted by Gasteiger charge is -2.37. The number of carbonyl (C=O) groups excluding carboxylic acids is 1. The number of benzene rings is 1. The summed E-state index contributed by atoms with van der Waals surface area (Å²) < 4.78 is 60.2. The maximum atomic E-state index is 13.8. The maximum Gasteiger partial charge on any atom is 0.252 e. The average molecular weight is 485 g/mol. The molecule has 2 fully saturated rings. The third-order valence-electron chi connectivity index (χ3n) is 5.98. The van der Waals surface area contributed by atoms with Crippen LogP contribution in [0.15, 0.2) is 34.5 Å². The van der Waals surface area contributed by atoms with Crippen LogP contribution in [0.5, 0.6) is 5.75 Å². The van der Waals surface area contributed by atoms with E-state index >= 15 is 0 Å². The largest absolute Gasteiger partial charge is 0.487 e. The van der Waals surface area contributed by atoms with E-state index in [2.05, 4.69) is 0 Å². The average Bonchev–Trinajstić information content (AvgIpc) is 3.23. The molecule has 10 heteroatoms. The van der Waals surface area contributed by atoms with Crippen LogP contribution in [0.1, 0.15) is 30.6 Å². The summed E-state index contributed by atoms with van der Waals surface area (Å²) >= 11 is 1.24. The molecule has 1 atom stereocenters. The van der Waals surface area contributed by atoms with Gasteiger partial charge in [0.15, 0.2) is 11.6 Å². The van der Waals surface area contributed by atoms with Crippen molar-refractivity contribution >= 4 is 27.3 Å². The topological polar surface area (TPSA) is 66.9 Å². The molecule has 4 rings (SSSR count). The number of likely N-dealkylation sites (tertiary alicyclic amines) is 1. The van der Waals surface area contributed by atoms with Gasteiger partial charge in [-0.25, -0.2) is 17.2 Å². The number of amides is 1. The fourth-order valence-corrected chi connectivity index (χ4v) is 7.20. The second-order valence-electron chi connectivity index (χ2n) is 8.28. The van der Waals surface area contributed by atoms with Crippen LogP contribution in [0, 0.1) is 24.5 Å². The molecule has 0 bridgehead atoms. The zero-order valence-corrected chi connectivity index (χ0v) is 19.4. The van der Waals surface area contributed by atoms with Gasteiger partial charge in [-0.2, -0.15) is 4.31 Å². The Hall–Kier alpha value is -2.04. The van der Waals surface area contributed by atoms with Crippen LogP contribution < -0.4 is 4.74 Å². The number of rotatable bonds is 5. The van der Waals surface area contributed by atoms with E-state index in [0.717, 1.165) is 17.0 Å². The number of halogens is 2. The summed E-state index contributed by atoms with van der Waals surface area (Å²) in [4.78, 5) is 15.8. The van der Waals surface area contributed by atoms with E-state index in [9.17, 15) is 22.0 Å². The Bertz CT molecular complexity index is 1080. The third-order valence-corrected chi connectivity index (χ3v) is 9.32. The minimum absolute atomic E-state index is 0.00752. The molecule has 174 valence electrons. The van der Waals surface area contributed by atoms with Crippen LogP contribution in [0.25, 0.3) is 0 Å². The molecule has 6 nitrogen and oxygen atoms in total. The molecular weight excluding hydrogens is 458 g/mol. The number of aryl methyl sites for hydroxylation is 1. The Labute approximate surface area is 190 Å². The molecule has 1 unspecified atom stereocenters. The van der Waals surface area contributed by atoms with Gasteiger partial charge in [0.1, 0.15) is 16.1 Å². The standard InChI is InChI=1S/C22H26F2N2O4S2/c1-15-4-7-21(31-15)32(28,29)26-10-2-3-16(14-26)22(27)25-11-8-18(9-12-25)30-20-6-5-17(23)13-19(20)24/h4-7,13,16,18H,2-3,8-12,14H2,1H3. The van der Waals surface area contributed by atoms with Gasteiger partial charge >= 0.3 is 0 Å². The molecule has 2 aliphatic rings. The summed E-state index contributed by atoms with van der Waals surface area (Å²) in [5.74, 6) is -1.81. The van der Waals surface area contributed by atoms with E-state index in [1.807, 2.05) is 6.92 Å². The number of hydrogen-bond donors (Lipinski definition) is 0. The summed E-state index contributed by atoms with van der Waals surface area (Å²) in [7, 11) is -3.59. The molecule has 2 saturated heterocycles. The Kier molecular flexibility index (Phi) is 6.83. The molecule has 0 saturated carbocycles. The lowest BCUT2D eigenvalue weighted by atomic mass is 9.96. The van der Waals surface area contributed by atoms with Crippen LogP contribution in [0.3, 0.4) is 0 Å². The first-order valence-electron chi connectivity index (χ1n) is 10.7. The van der Waals surface area contributed by atoms with Crippen molar-refractivity contribution in [2.24, 2.45) is 5.92 Å². The van der Waals surface area contributed by atoms with Crippen LogP contribution in [-0.4, -0.2) is 55.8 Å². The van der Waals surface area contributed by atoms with Gasteiger partial charge in [0.05, 0.1) is 5.92 Å². The highest BCUT2D eigenvalue weighted by molar-refractivity contribution is 7.91. The first-order valence-corrected chi connectivity index (χ1v) is 13.0. The predicted molar refractivity (Wildman–Crippen MR) is 117 cm³/mol.